The fourth-order valence-electron chi connectivity index (χ4n) is 2.18. The minimum Gasteiger partial charge on any atom is -0.497 e. The van der Waals surface area contributed by atoms with Gasteiger partial charge in [0, 0.05) is 17.3 Å². The third-order valence-corrected chi connectivity index (χ3v) is 3.61. The number of hydrogen-bond acceptors (Lipinski definition) is 5. The number of nitrogens with one attached hydrogen (secondary N) is 2. The van der Waals surface area contributed by atoms with E-state index in [1.165, 1.54) is 0 Å². The normalized spacial score (nSPS) is 11.3. The minimum atomic E-state index is -0.516. The van der Waals surface area contributed by atoms with Crippen LogP contribution in [0.25, 0.3) is 0 Å². The fraction of sp³-hybridized carbons (Fsp3) is 0.222. The highest BCUT2D eigenvalue weighted by molar-refractivity contribution is 5.97. The standard InChI is InChI=1S/C18H21N3O4/c1-11(20-15-9-8-14(24-2)10-16(15)25-3)18(23)21-13-6-4-12(5-7-13)17(19)22/h4-11,20H,1-3H3,(H2,19,22)(H,21,23). The molecule has 0 spiro atoms. The van der Waals surface area contributed by atoms with Crippen LogP contribution in [-0.2, 0) is 4.79 Å². The molecule has 2 aromatic carbocycles. The smallest absolute Gasteiger partial charge is 0.248 e. The lowest BCUT2D eigenvalue weighted by Gasteiger charge is -2.18. The van der Waals surface area contributed by atoms with E-state index in [1.807, 2.05) is 0 Å². The number of nitrogens with two attached hydrogens (primary N) is 1. The van der Waals surface area contributed by atoms with Gasteiger partial charge in [0.25, 0.3) is 0 Å². The molecular weight excluding hydrogens is 322 g/mol. The number of rotatable bonds is 7. The molecular formula is C18H21N3O4. The second-order valence-electron chi connectivity index (χ2n) is 5.36. The molecule has 7 nitrogen and oxygen atoms in total. The number of carbonyl (C=O) groups excluding carboxylic acids is 2. The summed E-state index contributed by atoms with van der Waals surface area (Å²) in [5.41, 5.74) is 6.82. The van der Waals surface area contributed by atoms with Gasteiger partial charge in [-0.05, 0) is 43.3 Å². The molecule has 0 radical (unpaired) electrons. The Balaban J connectivity index is 2.04. The number of hydrogen-bond donors (Lipinski definition) is 3. The molecule has 25 heavy (non-hydrogen) atoms. The van der Waals surface area contributed by atoms with E-state index in [0.717, 1.165) is 0 Å². The molecule has 7 heteroatoms. The van der Waals surface area contributed by atoms with Crippen molar-refractivity contribution in [1.29, 1.82) is 0 Å². The Hall–Kier alpha value is -3.22. The van der Waals surface area contributed by atoms with Crippen molar-refractivity contribution in [3.63, 3.8) is 0 Å². The van der Waals surface area contributed by atoms with Crippen LogP contribution in [0.3, 0.4) is 0 Å². The average Bonchev–Trinajstić information content (AvgIpc) is 2.62. The van der Waals surface area contributed by atoms with E-state index >= 15 is 0 Å². The van der Waals surface area contributed by atoms with Crippen LogP contribution in [0.2, 0.25) is 0 Å². The monoisotopic (exact) mass is 343 g/mol. The number of carbonyl (C=O) groups is 2. The molecule has 1 unspecified atom stereocenters. The van der Waals surface area contributed by atoms with Gasteiger partial charge in [0.1, 0.15) is 17.5 Å². The molecule has 0 aliphatic rings. The predicted molar refractivity (Wildman–Crippen MR) is 96.2 cm³/mol. The van der Waals surface area contributed by atoms with Crippen LogP contribution in [0.15, 0.2) is 42.5 Å². The summed E-state index contributed by atoms with van der Waals surface area (Å²) in [5, 5.41) is 5.86. The van der Waals surface area contributed by atoms with Gasteiger partial charge in [-0.15, -0.1) is 0 Å². The molecule has 0 aromatic heterocycles. The van der Waals surface area contributed by atoms with Gasteiger partial charge in [0.15, 0.2) is 0 Å². The SMILES string of the molecule is COc1ccc(NC(C)C(=O)Nc2ccc(C(N)=O)cc2)c(OC)c1. The van der Waals surface area contributed by atoms with Crippen molar-refractivity contribution in [3.8, 4) is 11.5 Å². The van der Waals surface area contributed by atoms with Gasteiger partial charge in [0.2, 0.25) is 11.8 Å². The highest BCUT2D eigenvalue weighted by atomic mass is 16.5. The van der Waals surface area contributed by atoms with Crippen LogP contribution in [-0.4, -0.2) is 32.1 Å². The average molecular weight is 343 g/mol. The number of ether oxygens (including phenoxy) is 2. The van der Waals surface area contributed by atoms with Crippen LogP contribution in [0.5, 0.6) is 11.5 Å². The molecule has 0 fully saturated rings. The third-order valence-electron chi connectivity index (χ3n) is 3.61. The van der Waals surface area contributed by atoms with E-state index in [1.54, 1.807) is 63.6 Å². The maximum absolute atomic E-state index is 12.3. The Morgan fingerprint density at radius 1 is 1.04 bits per heavy atom. The molecule has 2 aromatic rings. The van der Waals surface area contributed by atoms with Crippen molar-refractivity contribution in [2.45, 2.75) is 13.0 Å². The zero-order valence-electron chi connectivity index (χ0n) is 14.3. The zero-order chi connectivity index (χ0) is 18.4. The Kier molecular flexibility index (Phi) is 5.84. The molecule has 0 aliphatic carbocycles. The van der Waals surface area contributed by atoms with Crippen LogP contribution < -0.4 is 25.8 Å². The van der Waals surface area contributed by atoms with Crippen molar-refractivity contribution in [3.05, 3.63) is 48.0 Å². The van der Waals surface area contributed by atoms with Gasteiger partial charge in [-0.2, -0.15) is 0 Å². The Morgan fingerprint density at radius 2 is 1.72 bits per heavy atom. The fourth-order valence-corrected chi connectivity index (χ4v) is 2.18. The lowest BCUT2D eigenvalue weighted by Crippen LogP contribution is -2.32. The van der Waals surface area contributed by atoms with Gasteiger partial charge in [0.05, 0.1) is 19.9 Å². The van der Waals surface area contributed by atoms with Gasteiger partial charge < -0.3 is 25.8 Å². The first-order chi connectivity index (χ1) is 11.9. The molecule has 0 heterocycles. The minimum absolute atomic E-state index is 0.232. The van der Waals surface area contributed by atoms with E-state index in [9.17, 15) is 9.59 Å². The van der Waals surface area contributed by atoms with E-state index in [0.29, 0.717) is 28.4 Å². The maximum Gasteiger partial charge on any atom is 0.248 e. The first kappa shape index (κ1) is 18.1. The first-order valence-corrected chi connectivity index (χ1v) is 7.64. The topological polar surface area (TPSA) is 103 Å². The lowest BCUT2D eigenvalue weighted by molar-refractivity contribution is -0.116. The molecule has 4 N–H and O–H groups in total. The summed E-state index contributed by atoms with van der Waals surface area (Å²) in [4.78, 5) is 23.4. The van der Waals surface area contributed by atoms with Crippen LogP contribution in [0, 0.1) is 0 Å². The summed E-state index contributed by atoms with van der Waals surface area (Å²) in [6, 6.07) is 11.1. The van der Waals surface area contributed by atoms with Crippen LogP contribution >= 0.6 is 0 Å². The Bertz CT molecular complexity index is 759. The molecule has 2 amide bonds. The van der Waals surface area contributed by atoms with Crippen LogP contribution in [0.4, 0.5) is 11.4 Å². The van der Waals surface area contributed by atoms with Gasteiger partial charge in [-0.3, -0.25) is 9.59 Å². The predicted octanol–water partition coefficient (Wildman–Crippen LogP) is 2.24. The molecule has 0 aliphatic heterocycles. The van der Waals surface area contributed by atoms with Crippen molar-refractivity contribution in [2.24, 2.45) is 5.73 Å². The van der Waals surface area contributed by atoms with E-state index in [-0.39, 0.29) is 5.91 Å². The van der Waals surface area contributed by atoms with Crippen molar-refractivity contribution in [2.75, 3.05) is 24.9 Å². The van der Waals surface area contributed by atoms with Crippen molar-refractivity contribution in [1.82, 2.24) is 0 Å². The number of anilines is 2. The number of methoxy groups -OCH3 is 2. The summed E-state index contributed by atoms with van der Waals surface area (Å²) in [6.45, 7) is 1.73. The number of amides is 2. The maximum atomic E-state index is 12.3. The van der Waals surface area contributed by atoms with Gasteiger partial charge in [-0.1, -0.05) is 0 Å². The molecule has 2 rings (SSSR count). The Morgan fingerprint density at radius 3 is 2.28 bits per heavy atom. The summed E-state index contributed by atoms with van der Waals surface area (Å²) in [6.07, 6.45) is 0. The zero-order valence-corrected chi connectivity index (χ0v) is 14.3. The highest BCUT2D eigenvalue weighted by Crippen LogP contribution is 2.29. The first-order valence-electron chi connectivity index (χ1n) is 7.64. The highest BCUT2D eigenvalue weighted by Gasteiger charge is 2.15. The Labute approximate surface area is 146 Å². The lowest BCUT2D eigenvalue weighted by atomic mass is 10.2. The molecule has 0 saturated heterocycles. The molecule has 132 valence electrons. The van der Waals surface area contributed by atoms with E-state index in [4.69, 9.17) is 15.2 Å². The summed E-state index contributed by atoms with van der Waals surface area (Å²) in [7, 11) is 3.12. The van der Waals surface area contributed by atoms with Gasteiger partial charge in [-0.25, -0.2) is 0 Å². The molecule has 1 atom stereocenters. The largest absolute Gasteiger partial charge is 0.497 e. The van der Waals surface area contributed by atoms with Crippen LogP contribution in [0.1, 0.15) is 17.3 Å². The third kappa shape index (κ3) is 4.63. The van der Waals surface area contributed by atoms with E-state index < -0.39 is 11.9 Å². The molecule has 0 bridgehead atoms. The van der Waals surface area contributed by atoms with Gasteiger partial charge >= 0.3 is 0 Å². The number of benzene rings is 2. The molecule has 0 saturated carbocycles. The van der Waals surface area contributed by atoms with Crippen molar-refractivity contribution < 1.29 is 19.1 Å². The van der Waals surface area contributed by atoms with E-state index in [2.05, 4.69) is 10.6 Å². The summed E-state index contributed by atoms with van der Waals surface area (Å²) in [5.74, 6) is 0.489. The summed E-state index contributed by atoms with van der Waals surface area (Å²) >= 11 is 0. The number of primary amides is 1. The second kappa shape index (κ2) is 8.05. The summed E-state index contributed by atoms with van der Waals surface area (Å²) < 4.78 is 10.5. The van der Waals surface area contributed by atoms with Crippen molar-refractivity contribution >= 4 is 23.2 Å². The quantitative estimate of drug-likeness (QED) is 0.715. The second-order valence-corrected chi connectivity index (χ2v) is 5.36.